The van der Waals surface area contributed by atoms with Crippen LogP contribution in [0.3, 0.4) is 0 Å². The van der Waals surface area contributed by atoms with Crippen molar-refractivity contribution in [2.75, 3.05) is 13.2 Å². The maximum absolute atomic E-state index is 12.6. The van der Waals surface area contributed by atoms with Crippen LogP contribution in [0.4, 0.5) is 0 Å². The third-order valence-corrected chi connectivity index (χ3v) is 7.15. The van der Waals surface area contributed by atoms with Gasteiger partial charge in [0.15, 0.2) is 6.10 Å². The minimum Gasteiger partial charge on any atom is -0.481 e. The molecular formula is C33H59NO9. The number of carboxylic acid groups (broad SMARTS) is 1. The van der Waals surface area contributed by atoms with Crippen LogP contribution in [-0.2, 0) is 38.2 Å². The summed E-state index contributed by atoms with van der Waals surface area (Å²) in [5, 5.41) is 11.4. The molecule has 0 aliphatic heterocycles. The second kappa shape index (κ2) is 28.1. The van der Waals surface area contributed by atoms with Crippen molar-refractivity contribution in [3.8, 4) is 0 Å². The normalized spacial score (nSPS) is 11.6. The Hall–Kier alpha value is -2.65. The summed E-state index contributed by atoms with van der Waals surface area (Å²) in [6.45, 7) is 4.86. The van der Waals surface area contributed by atoms with Crippen molar-refractivity contribution in [1.29, 1.82) is 0 Å². The highest BCUT2D eigenvalue weighted by Crippen LogP contribution is 2.13. The Kier molecular flexibility index (Phi) is 26.4. The second-order valence-corrected chi connectivity index (χ2v) is 11.4. The van der Waals surface area contributed by atoms with E-state index in [9.17, 15) is 24.0 Å². The fraction of sp³-hybridized carbons (Fsp3) is 0.848. The minimum atomic E-state index is -1.42. The molecular weight excluding hydrogens is 554 g/mol. The van der Waals surface area contributed by atoms with Crippen LogP contribution in [0.1, 0.15) is 156 Å². The molecule has 1 atom stereocenters. The number of hydrogen-bond donors (Lipinski definition) is 2. The quantitative estimate of drug-likeness (QED) is 0.0528. The first-order chi connectivity index (χ1) is 20.7. The van der Waals surface area contributed by atoms with Crippen LogP contribution < -0.4 is 5.32 Å². The summed E-state index contributed by atoms with van der Waals surface area (Å²) in [5.41, 5.74) is 0. The van der Waals surface area contributed by atoms with Crippen LogP contribution in [0.15, 0.2) is 0 Å². The Balaban J connectivity index is 4.65. The summed E-state index contributed by atoms with van der Waals surface area (Å²) < 4.78 is 15.9. The zero-order valence-electron chi connectivity index (χ0n) is 27.1. The molecule has 0 aromatic carbocycles. The standard InChI is InChI=1S/C33H59NO9/c1-4-6-8-10-12-14-16-18-20-22-31(38)41-25-28(43-33(40)29(24-30(36)37)34-27(3)35)26-42-32(39)23-21-19-17-15-13-11-9-7-5-2/h28-29H,4-26H2,1-3H3,(H,34,35)(H,36,37)/t29-/m0/s1. The van der Waals surface area contributed by atoms with E-state index in [1.165, 1.54) is 64.2 Å². The molecule has 0 rings (SSSR count). The number of nitrogens with one attached hydrogen (secondary N) is 1. The lowest BCUT2D eigenvalue weighted by Gasteiger charge is -2.21. The van der Waals surface area contributed by atoms with Gasteiger partial charge in [0, 0.05) is 19.8 Å². The van der Waals surface area contributed by atoms with E-state index < -0.39 is 48.4 Å². The van der Waals surface area contributed by atoms with Gasteiger partial charge in [0.2, 0.25) is 5.91 Å². The molecule has 2 N–H and O–H groups in total. The molecule has 0 aliphatic rings. The molecule has 10 nitrogen and oxygen atoms in total. The maximum Gasteiger partial charge on any atom is 0.329 e. The van der Waals surface area contributed by atoms with Crippen molar-refractivity contribution < 1.29 is 43.3 Å². The van der Waals surface area contributed by atoms with E-state index in [0.717, 1.165) is 45.4 Å². The van der Waals surface area contributed by atoms with Crippen LogP contribution >= 0.6 is 0 Å². The van der Waals surface area contributed by atoms with Gasteiger partial charge in [0.25, 0.3) is 0 Å². The van der Waals surface area contributed by atoms with Gasteiger partial charge >= 0.3 is 23.9 Å². The van der Waals surface area contributed by atoms with Crippen LogP contribution in [0.5, 0.6) is 0 Å². The van der Waals surface area contributed by atoms with Gasteiger partial charge < -0.3 is 24.6 Å². The summed E-state index contributed by atoms with van der Waals surface area (Å²) in [5.74, 6) is -3.80. The Morgan fingerprint density at radius 1 is 0.605 bits per heavy atom. The summed E-state index contributed by atoms with van der Waals surface area (Å²) in [4.78, 5) is 59.9. The fourth-order valence-corrected chi connectivity index (χ4v) is 4.65. The Labute approximate surface area is 259 Å². The van der Waals surface area contributed by atoms with E-state index in [2.05, 4.69) is 19.2 Å². The zero-order chi connectivity index (χ0) is 32.1. The monoisotopic (exact) mass is 613 g/mol. The number of aliphatic carboxylic acids is 1. The van der Waals surface area contributed by atoms with Gasteiger partial charge in [-0.15, -0.1) is 0 Å². The maximum atomic E-state index is 12.6. The molecule has 0 aliphatic carbocycles. The number of ether oxygens (including phenoxy) is 3. The molecule has 0 heterocycles. The van der Waals surface area contributed by atoms with Gasteiger partial charge in [0.1, 0.15) is 19.3 Å². The molecule has 0 fully saturated rings. The van der Waals surface area contributed by atoms with E-state index in [-0.39, 0.29) is 26.1 Å². The van der Waals surface area contributed by atoms with Crippen molar-refractivity contribution in [3.63, 3.8) is 0 Å². The molecule has 0 saturated carbocycles. The zero-order valence-corrected chi connectivity index (χ0v) is 27.1. The topological polar surface area (TPSA) is 145 Å². The lowest BCUT2D eigenvalue weighted by molar-refractivity contribution is -0.169. The number of esters is 3. The third-order valence-electron chi connectivity index (χ3n) is 7.15. The number of amides is 1. The van der Waals surface area contributed by atoms with Crippen molar-refractivity contribution in [1.82, 2.24) is 5.32 Å². The minimum absolute atomic E-state index is 0.225. The number of rotatable bonds is 29. The first-order valence-corrected chi connectivity index (χ1v) is 16.7. The van der Waals surface area contributed by atoms with Crippen LogP contribution in [-0.4, -0.2) is 60.3 Å². The second-order valence-electron chi connectivity index (χ2n) is 11.4. The molecule has 250 valence electrons. The Bertz CT molecular complexity index is 717. The van der Waals surface area contributed by atoms with E-state index >= 15 is 0 Å². The lowest BCUT2D eigenvalue weighted by atomic mass is 10.1. The third kappa shape index (κ3) is 26.7. The lowest BCUT2D eigenvalue weighted by Crippen LogP contribution is -2.44. The van der Waals surface area contributed by atoms with Gasteiger partial charge in [0.05, 0.1) is 6.42 Å². The van der Waals surface area contributed by atoms with Gasteiger partial charge in [-0.3, -0.25) is 19.2 Å². The van der Waals surface area contributed by atoms with Crippen molar-refractivity contribution in [3.05, 3.63) is 0 Å². The summed E-state index contributed by atoms with van der Waals surface area (Å²) >= 11 is 0. The average molecular weight is 614 g/mol. The average Bonchev–Trinajstić information content (AvgIpc) is 2.95. The van der Waals surface area contributed by atoms with Gasteiger partial charge in [-0.1, -0.05) is 117 Å². The molecule has 1 amide bonds. The molecule has 0 unspecified atom stereocenters. The number of carbonyl (C=O) groups excluding carboxylic acids is 4. The highest BCUT2D eigenvalue weighted by atomic mass is 16.6. The van der Waals surface area contributed by atoms with Crippen LogP contribution in [0.25, 0.3) is 0 Å². The summed E-state index contributed by atoms with van der Waals surface area (Å²) in [6.07, 6.45) is 18.7. The van der Waals surface area contributed by atoms with E-state index in [4.69, 9.17) is 19.3 Å². The molecule has 0 radical (unpaired) electrons. The molecule has 0 aromatic rings. The highest BCUT2D eigenvalue weighted by Gasteiger charge is 2.28. The van der Waals surface area contributed by atoms with Crippen LogP contribution in [0.2, 0.25) is 0 Å². The predicted molar refractivity (Wildman–Crippen MR) is 165 cm³/mol. The summed E-state index contributed by atoms with van der Waals surface area (Å²) in [6, 6.07) is -1.42. The number of unbranched alkanes of at least 4 members (excludes halogenated alkanes) is 16. The smallest absolute Gasteiger partial charge is 0.329 e. The highest BCUT2D eigenvalue weighted by molar-refractivity contribution is 5.87. The van der Waals surface area contributed by atoms with Gasteiger partial charge in [-0.2, -0.15) is 0 Å². The SMILES string of the molecule is CCCCCCCCCCCC(=O)OCC(COC(=O)CCCCCCCCCCC)OC(=O)[C@H](CC(=O)O)NC(C)=O. The van der Waals surface area contributed by atoms with Crippen molar-refractivity contribution >= 4 is 29.8 Å². The molecule has 0 bridgehead atoms. The van der Waals surface area contributed by atoms with Crippen molar-refractivity contribution in [2.45, 2.75) is 168 Å². The van der Waals surface area contributed by atoms with E-state index in [1.54, 1.807) is 0 Å². The number of hydrogen-bond acceptors (Lipinski definition) is 8. The Morgan fingerprint density at radius 3 is 1.33 bits per heavy atom. The van der Waals surface area contributed by atoms with Crippen molar-refractivity contribution in [2.24, 2.45) is 0 Å². The largest absolute Gasteiger partial charge is 0.481 e. The molecule has 0 saturated heterocycles. The molecule has 0 spiro atoms. The predicted octanol–water partition coefficient (Wildman–Crippen LogP) is 6.81. The van der Waals surface area contributed by atoms with Gasteiger partial charge in [-0.25, -0.2) is 4.79 Å². The number of carbonyl (C=O) groups is 5. The van der Waals surface area contributed by atoms with Gasteiger partial charge in [-0.05, 0) is 12.8 Å². The molecule has 0 aromatic heterocycles. The van der Waals surface area contributed by atoms with E-state index in [0.29, 0.717) is 12.8 Å². The summed E-state index contributed by atoms with van der Waals surface area (Å²) in [7, 11) is 0. The first-order valence-electron chi connectivity index (χ1n) is 16.7. The fourth-order valence-electron chi connectivity index (χ4n) is 4.65. The first kappa shape index (κ1) is 40.4. The number of carboxylic acids is 1. The van der Waals surface area contributed by atoms with Crippen LogP contribution in [0, 0.1) is 0 Å². The van der Waals surface area contributed by atoms with E-state index in [1.807, 2.05) is 0 Å². The Morgan fingerprint density at radius 2 is 0.977 bits per heavy atom. The molecule has 10 heteroatoms. The molecule has 43 heavy (non-hydrogen) atoms.